The van der Waals surface area contributed by atoms with E-state index < -0.39 is 15.8 Å². The quantitative estimate of drug-likeness (QED) is 0.674. The van der Waals surface area contributed by atoms with E-state index in [-0.39, 0.29) is 23.3 Å². The van der Waals surface area contributed by atoms with Gasteiger partial charge in [0, 0.05) is 26.1 Å². The number of aromatic amines is 1. The topological polar surface area (TPSA) is 86.4 Å². The van der Waals surface area contributed by atoms with Crippen molar-refractivity contribution in [2.75, 3.05) is 26.7 Å². The molecule has 1 N–H and O–H groups in total. The molecule has 0 spiro atoms. The summed E-state index contributed by atoms with van der Waals surface area (Å²) in [5, 5.41) is 0. The SMILES string of the molecule is CN(CC(=O)N1CCC(c2nc3ccccc3[nH]2)CC1)S(=O)(=O)c1ccc(F)cc1. The smallest absolute Gasteiger partial charge is 0.243 e. The van der Waals surface area contributed by atoms with Gasteiger partial charge in [0.2, 0.25) is 15.9 Å². The van der Waals surface area contributed by atoms with Crippen LogP contribution in [0, 0.1) is 5.82 Å². The van der Waals surface area contributed by atoms with Gasteiger partial charge in [0.05, 0.1) is 22.5 Å². The molecule has 30 heavy (non-hydrogen) atoms. The van der Waals surface area contributed by atoms with Gasteiger partial charge in [-0.3, -0.25) is 4.79 Å². The summed E-state index contributed by atoms with van der Waals surface area (Å²) in [6.07, 6.45) is 1.53. The number of hydrogen-bond acceptors (Lipinski definition) is 4. The summed E-state index contributed by atoms with van der Waals surface area (Å²) in [5.41, 5.74) is 1.93. The number of para-hydroxylation sites is 2. The van der Waals surface area contributed by atoms with Gasteiger partial charge in [0.15, 0.2) is 0 Å². The molecule has 0 atom stereocenters. The average Bonchev–Trinajstić information content (AvgIpc) is 3.18. The molecule has 1 fully saturated rings. The molecular formula is C21H23FN4O3S. The lowest BCUT2D eigenvalue weighted by Gasteiger charge is -2.32. The van der Waals surface area contributed by atoms with Crippen LogP contribution in [0.2, 0.25) is 0 Å². The first kappa shape index (κ1) is 20.5. The Kier molecular flexibility index (Phi) is 5.57. The first-order valence-electron chi connectivity index (χ1n) is 9.79. The lowest BCUT2D eigenvalue weighted by molar-refractivity contribution is -0.132. The van der Waals surface area contributed by atoms with Gasteiger partial charge in [-0.1, -0.05) is 12.1 Å². The molecule has 7 nitrogen and oxygen atoms in total. The van der Waals surface area contributed by atoms with E-state index in [1.807, 2.05) is 24.3 Å². The zero-order valence-electron chi connectivity index (χ0n) is 16.6. The minimum absolute atomic E-state index is 0.0391. The fourth-order valence-electron chi connectivity index (χ4n) is 3.73. The fourth-order valence-corrected chi connectivity index (χ4v) is 4.85. The number of amides is 1. The van der Waals surface area contributed by atoms with Crippen LogP contribution in [0.5, 0.6) is 0 Å². The normalized spacial score (nSPS) is 15.8. The number of rotatable bonds is 5. The van der Waals surface area contributed by atoms with Crippen LogP contribution >= 0.6 is 0 Å². The zero-order chi connectivity index (χ0) is 21.3. The maximum atomic E-state index is 13.1. The summed E-state index contributed by atoms with van der Waals surface area (Å²) in [5.74, 6) is 0.410. The number of likely N-dealkylation sites (tertiary alicyclic amines) is 1. The van der Waals surface area contributed by atoms with Gasteiger partial charge < -0.3 is 9.88 Å². The summed E-state index contributed by atoms with van der Waals surface area (Å²) in [7, 11) is -2.50. The number of sulfonamides is 1. The molecule has 0 radical (unpaired) electrons. The molecule has 1 saturated heterocycles. The first-order valence-corrected chi connectivity index (χ1v) is 11.2. The van der Waals surface area contributed by atoms with E-state index in [9.17, 15) is 17.6 Å². The van der Waals surface area contributed by atoms with Crippen LogP contribution in [0.1, 0.15) is 24.6 Å². The average molecular weight is 431 g/mol. The molecule has 0 unspecified atom stereocenters. The summed E-state index contributed by atoms with van der Waals surface area (Å²) in [6.45, 7) is 0.838. The van der Waals surface area contributed by atoms with E-state index in [2.05, 4.69) is 9.97 Å². The van der Waals surface area contributed by atoms with Crippen LogP contribution in [0.3, 0.4) is 0 Å². The van der Waals surface area contributed by atoms with Crippen LogP contribution in [0.15, 0.2) is 53.4 Å². The highest BCUT2D eigenvalue weighted by molar-refractivity contribution is 7.89. The Bertz CT molecular complexity index is 1120. The molecule has 0 bridgehead atoms. The lowest BCUT2D eigenvalue weighted by atomic mass is 9.96. The number of likely N-dealkylation sites (N-methyl/N-ethyl adjacent to an activating group) is 1. The van der Waals surface area contributed by atoms with Gasteiger partial charge in [0.25, 0.3) is 0 Å². The first-order chi connectivity index (χ1) is 14.3. The molecule has 1 aliphatic rings. The molecule has 1 amide bonds. The van der Waals surface area contributed by atoms with Crippen molar-refractivity contribution in [2.24, 2.45) is 0 Å². The van der Waals surface area contributed by atoms with Crippen molar-refractivity contribution < 1.29 is 17.6 Å². The summed E-state index contributed by atoms with van der Waals surface area (Å²) < 4.78 is 39.3. The second kappa shape index (κ2) is 8.16. The van der Waals surface area contributed by atoms with Gasteiger partial charge in [-0.05, 0) is 49.2 Å². The Labute approximate surface area is 174 Å². The van der Waals surface area contributed by atoms with Gasteiger partial charge in [-0.2, -0.15) is 4.31 Å². The number of carbonyl (C=O) groups is 1. The van der Waals surface area contributed by atoms with Crippen molar-refractivity contribution in [1.29, 1.82) is 0 Å². The molecule has 2 heterocycles. The number of nitrogens with zero attached hydrogens (tertiary/aromatic N) is 3. The summed E-state index contributed by atoms with van der Waals surface area (Å²) >= 11 is 0. The van der Waals surface area contributed by atoms with E-state index in [4.69, 9.17) is 0 Å². The van der Waals surface area contributed by atoms with Gasteiger partial charge in [0.1, 0.15) is 11.6 Å². The van der Waals surface area contributed by atoms with E-state index in [0.717, 1.165) is 46.1 Å². The number of hydrogen-bond donors (Lipinski definition) is 1. The molecule has 1 aromatic heterocycles. The van der Waals surface area contributed by atoms with Crippen LogP contribution in [-0.2, 0) is 14.8 Å². The highest BCUT2D eigenvalue weighted by Crippen LogP contribution is 2.28. The number of halogens is 1. The molecule has 4 rings (SSSR count). The largest absolute Gasteiger partial charge is 0.342 e. The minimum Gasteiger partial charge on any atom is -0.342 e. The third-order valence-electron chi connectivity index (χ3n) is 5.52. The van der Waals surface area contributed by atoms with Crippen molar-refractivity contribution in [1.82, 2.24) is 19.2 Å². The number of carbonyl (C=O) groups excluding carboxylic acids is 1. The number of aromatic nitrogens is 2. The highest BCUT2D eigenvalue weighted by Gasteiger charge is 2.29. The van der Waals surface area contributed by atoms with Crippen molar-refractivity contribution in [2.45, 2.75) is 23.7 Å². The van der Waals surface area contributed by atoms with E-state index >= 15 is 0 Å². The van der Waals surface area contributed by atoms with Gasteiger partial charge >= 0.3 is 0 Å². The number of imidazole rings is 1. The Morgan fingerprint density at radius 3 is 2.50 bits per heavy atom. The number of benzene rings is 2. The molecule has 3 aromatic rings. The van der Waals surface area contributed by atoms with Crippen molar-refractivity contribution >= 4 is 27.0 Å². The third-order valence-corrected chi connectivity index (χ3v) is 7.34. The van der Waals surface area contributed by atoms with Crippen LogP contribution in [0.25, 0.3) is 11.0 Å². The third kappa shape index (κ3) is 4.08. The number of H-pyrrole nitrogens is 1. The maximum Gasteiger partial charge on any atom is 0.243 e. The zero-order valence-corrected chi connectivity index (χ0v) is 17.4. The Morgan fingerprint density at radius 2 is 1.83 bits per heavy atom. The molecule has 2 aromatic carbocycles. The van der Waals surface area contributed by atoms with Gasteiger partial charge in [-0.15, -0.1) is 0 Å². The van der Waals surface area contributed by atoms with Crippen molar-refractivity contribution in [3.63, 3.8) is 0 Å². The number of fused-ring (bicyclic) bond motifs is 1. The second-order valence-electron chi connectivity index (χ2n) is 7.51. The molecule has 0 aliphatic carbocycles. The molecule has 1 aliphatic heterocycles. The predicted molar refractivity (Wildman–Crippen MR) is 111 cm³/mol. The second-order valence-corrected chi connectivity index (χ2v) is 9.55. The van der Waals surface area contributed by atoms with Crippen LogP contribution in [0.4, 0.5) is 4.39 Å². The van der Waals surface area contributed by atoms with Crippen molar-refractivity contribution in [3.8, 4) is 0 Å². The monoisotopic (exact) mass is 430 g/mol. The molecule has 158 valence electrons. The van der Waals surface area contributed by atoms with Crippen molar-refractivity contribution in [3.05, 3.63) is 60.2 Å². The maximum absolute atomic E-state index is 13.1. The standard InChI is InChI=1S/C21H23FN4O3S/c1-25(30(28,29)17-8-6-16(22)7-9-17)14-20(27)26-12-10-15(11-13-26)21-23-18-4-2-3-5-19(18)24-21/h2-9,15H,10-14H2,1H3,(H,23,24). The minimum atomic E-state index is -3.85. The molecule has 9 heteroatoms. The summed E-state index contributed by atoms with van der Waals surface area (Å²) in [6, 6.07) is 12.4. The highest BCUT2D eigenvalue weighted by atomic mass is 32.2. The Balaban J connectivity index is 1.36. The van der Waals surface area contributed by atoms with Gasteiger partial charge in [-0.25, -0.2) is 17.8 Å². The Hall–Kier alpha value is -2.78. The van der Waals surface area contributed by atoms with E-state index in [1.54, 1.807) is 4.90 Å². The lowest BCUT2D eigenvalue weighted by Crippen LogP contribution is -2.44. The Morgan fingerprint density at radius 1 is 1.17 bits per heavy atom. The van der Waals surface area contributed by atoms with Crippen LogP contribution < -0.4 is 0 Å². The number of nitrogens with one attached hydrogen (secondary N) is 1. The summed E-state index contributed by atoms with van der Waals surface area (Å²) in [4.78, 5) is 22.3. The number of piperidine rings is 1. The molecule has 0 saturated carbocycles. The molecular weight excluding hydrogens is 407 g/mol. The van der Waals surface area contributed by atoms with E-state index in [1.165, 1.54) is 19.2 Å². The van der Waals surface area contributed by atoms with E-state index in [0.29, 0.717) is 13.1 Å². The fraction of sp³-hybridized carbons (Fsp3) is 0.333. The van der Waals surface area contributed by atoms with Crippen LogP contribution in [-0.4, -0.2) is 60.2 Å². The predicted octanol–water partition coefficient (Wildman–Crippen LogP) is 2.73.